The molecule has 0 spiro atoms. The number of carbonyl (C=O) groups is 2. The summed E-state index contributed by atoms with van der Waals surface area (Å²) in [5.41, 5.74) is 9.83. The molecule has 2 amide bonds. The van der Waals surface area contributed by atoms with E-state index in [1.54, 1.807) is 25.4 Å². The second-order valence-electron chi connectivity index (χ2n) is 7.85. The number of rotatable bonds is 7. The predicted molar refractivity (Wildman–Crippen MR) is 135 cm³/mol. The molecule has 0 atom stereocenters. The number of carbonyl (C=O) groups excluding carboxylic acids is 2. The van der Waals surface area contributed by atoms with Crippen LogP contribution in [0.15, 0.2) is 53.1 Å². The molecular weight excluding hydrogens is 498 g/mol. The summed E-state index contributed by atoms with van der Waals surface area (Å²) in [4.78, 5) is 35.2. The van der Waals surface area contributed by atoms with E-state index in [0.29, 0.717) is 53.5 Å². The molecule has 176 valence electrons. The summed E-state index contributed by atoms with van der Waals surface area (Å²) >= 11 is 3.47. The van der Waals surface area contributed by atoms with Crippen LogP contribution in [0.25, 0.3) is 0 Å². The fraction of sp³-hybridized carbons (Fsp3) is 0.250. The van der Waals surface area contributed by atoms with Crippen molar-refractivity contribution >= 4 is 50.9 Å². The Balaban J connectivity index is 1.53. The first-order chi connectivity index (χ1) is 16.5. The Morgan fingerprint density at radius 1 is 1.15 bits per heavy atom. The Hall–Kier alpha value is -3.50. The zero-order valence-electron chi connectivity index (χ0n) is 18.8. The Bertz CT molecular complexity index is 1220. The highest BCUT2D eigenvalue weighted by atomic mass is 79.9. The lowest BCUT2D eigenvalue weighted by Crippen LogP contribution is -2.36. The number of hydrogen-bond acceptors (Lipinski definition) is 7. The SMILES string of the molecule is CNC(=O)c1ccccc1Nc1nc(Nc2ccc3c(c2)CN(C(=O)CCN)CC3)ncc1Br. The largest absolute Gasteiger partial charge is 0.355 e. The Labute approximate surface area is 206 Å². The molecule has 2 heterocycles. The quantitative estimate of drug-likeness (QED) is 0.374. The molecule has 0 radical (unpaired) electrons. The maximum atomic E-state index is 12.3. The van der Waals surface area contributed by atoms with Gasteiger partial charge in [0.1, 0.15) is 5.82 Å². The first-order valence-corrected chi connectivity index (χ1v) is 11.7. The minimum absolute atomic E-state index is 0.0792. The molecule has 2 aromatic carbocycles. The fourth-order valence-electron chi connectivity index (χ4n) is 3.83. The Morgan fingerprint density at radius 3 is 2.76 bits per heavy atom. The number of fused-ring (bicyclic) bond motifs is 1. The summed E-state index contributed by atoms with van der Waals surface area (Å²) in [6.45, 7) is 1.63. The number of para-hydroxylation sites is 1. The van der Waals surface area contributed by atoms with Gasteiger partial charge in [-0.1, -0.05) is 18.2 Å². The van der Waals surface area contributed by atoms with E-state index < -0.39 is 0 Å². The molecule has 1 aromatic heterocycles. The number of aromatic nitrogens is 2. The van der Waals surface area contributed by atoms with Crippen LogP contribution in [-0.4, -0.2) is 46.8 Å². The molecule has 1 aliphatic heterocycles. The standard InChI is InChI=1S/C24H26BrN7O2/c1-27-23(34)18-4-2-3-5-20(18)30-22-19(25)13-28-24(31-22)29-17-7-6-15-9-11-32(14-16(15)12-17)21(33)8-10-26/h2-7,12-13H,8-11,14,26H2,1H3,(H,27,34)(H2,28,29,30,31). The molecule has 0 aliphatic carbocycles. The second kappa shape index (κ2) is 10.6. The van der Waals surface area contributed by atoms with E-state index in [1.807, 2.05) is 29.2 Å². The van der Waals surface area contributed by atoms with E-state index >= 15 is 0 Å². The highest BCUT2D eigenvalue weighted by molar-refractivity contribution is 9.10. The highest BCUT2D eigenvalue weighted by Gasteiger charge is 2.20. The highest BCUT2D eigenvalue weighted by Crippen LogP contribution is 2.28. The third-order valence-corrected chi connectivity index (χ3v) is 6.16. The van der Waals surface area contributed by atoms with Crippen LogP contribution in [-0.2, 0) is 17.8 Å². The number of hydrogen-bond donors (Lipinski definition) is 4. The molecule has 5 N–H and O–H groups in total. The summed E-state index contributed by atoms with van der Waals surface area (Å²) in [6.07, 6.45) is 2.82. The van der Waals surface area contributed by atoms with Crippen LogP contribution in [0.5, 0.6) is 0 Å². The van der Waals surface area contributed by atoms with Crippen molar-refractivity contribution in [1.29, 1.82) is 0 Å². The molecule has 0 saturated carbocycles. The van der Waals surface area contributed by atoms with Gasteiger partial charge in [0.25, 0.3) is 5.91 Å². The van der Waals surface area contributed by atoms with Crippen LogP contribution in [0.2, 0.25) is 0 Å². The molecule has 10 heteroatoms. The number of amides is 2. The predicted octanol–water partition coefficient (Wildman–Crippen LogP) is 3.32. The Morgan fingerprint density at radius 2 is 1.97 bits per heavy atom. The van der Waals surface area contributed by atoms with Crippen molar-refractivity contribution < 1.29 is 9.59 Å². The minimum Gasteiger partial charge on any atom is -0.355 e. The summed E-state index contributed by atoms with van der Waals surface area (Å²) < 4.78 is 0.657. The first kappa shape index (κ1) is 23.7. The van der Waals surface area contributed by atoms with Gasteiger partial charge in [-0.05, 0) is 57.7 Å². The van der Waals surface area contributed by atoms with E-state index in [9.17, 15) is 9.59 Å². The van der Waals surface area contributed by atoms with Crippen LogP contribution in [0.3, 0.4) is 0 Å². The maximum absolute atomic E-state index is 12.3. The van der Waals surface area contributed by atoms with E-state index in [1.165, 1.54) is 5.56 Å². The third kappa shape index (κ3) is 5.35. The number of nitrogens with zero attached hydrogens (tertiary/aromatic N) is 3. The number of benzene rings is 2. The van der Waals surface area contributed by atoms with Crippen molar-refractivity contribution in [2.75, 3.05) is 30.8 Å². The van der Waals surface area contributed by atoms with Gasteiger partial charge < -0.3 is 26.6 Å². The lowest BCUT2D eigenvalue weighted by molar-refractivity contribution is -0.131. The molecule has 9 nitrogen and oxygen atoms in total. The summed E-state index contributed by atoms with van der Waals surface area (Å²) in [7, 11) is 1.59. The van der Waals surface area contributed by atoms with Crippen LogP contribution in [0.1, 0.15) is 27.9 Å². The average molecular weight is 524 g/mol. The monoisotopic (exact) mass is 523 g/mol. The lowest BCUT2D eigenvalue weighted by atomic mass is 9.99. The van der Waals surface area contributed by atoms with Crippen molar-refractivity contribution in [2.45, 2.75) is 19.4 Å². The van der Waals surface area contributed by atoms with E-state index in [0.717, 1.165) is 17.7 Å². The number of anilines is 4. The van der Waals surface area contributed by atoms with Crippen LogP contribution < -0.4 is 21.7 Å². The minimum atomic E-state index is -0.195. The van der Waals surface area contributed by atoms with E-state index in [-0.39, 0.29) is 11.8 Å². The third-order valence-electron chi connectivity index (χ3n) is 5.58. The van der Waals surface area contributed by atoms with Gasteiger partial charge in [0.05, 0.1) is 15.7 Å². The molecule has 34 heavy (non-hydrogen) atoms. The van der Waals surface area contributed by atoms with Gasteiger partial charge in [0.2, 0.25) is 11.9 Å². The molecule has 0 saturated heterocycles. The molecule has 4 rings (SSSR count). The van der Waals surface area contributed by atoms with Crippen LogP contribution >= 0.6 is 15.9 Å². The van der Waals surface area contributed by atoms with Gasteiger partial charge in [0, 0.05) is 45.0 Å². The fourth-order valence-corrected chi connectivity index (χ4v) is 4.12. The van der Waals surface area contributed by atoms with Crippen molar-refractivity contribution in [1.82, 2.24) is 20.2 Å². The Kier molecular flexibility index (Phi) is 7.39. The molecular formula is C24H26BrN7O2. The average Bonchev–Trinajstić information content (AvgIpc) is 2.85. The van der Waals surface area contributed by atoms with Gasteiger partial charge >= 0.3 is 0 Å². The summed E-state index contributed by atoms with van der Waals surface area (Å²) in [6, 6.07) is 13.3. The van der Waals surface area contributed by atoms with Gasteiger partial charge in [0.15, 0.2) is 0 Å². The van der Waals surface area contributed by atoms with E-state index in [4.69, 9.17) is 5.73 Å². The number of nitrogens with two attached hydrogens (primary N) is 1. The van der Waals surface area contributed by atoms with Crippen molar-refractivity contribution in [3.8, 4) is 0 Å². The van der Waals surface area contributed by atoms with E-state index in [2.05, 4.69) is 47.9 Å². The number of nitrogens with one attached hydrogen (secondary N) is 3. The normalized spacial score (nSPS) is 12.6. The second-order valence-corrected chi connectivity index (χ2v) is 8.71. The molecule has 0 unspecified atom stereocenters. The molecule has 1 aliphatic rings. The maximum Gasteiger partial charge on any atom is 0.253 e. The van der Waals surface area contributed by atoms with Gasteiger partial charge in [-0.25, -0.2) is 4.98 Å². The topological polar surface area (TPSA) is 125 Å². The summed E-state index contributed by atoms with van der Waals surface area (Å²) in [5, 5.41) is 9.09. The zero-order chi connectivity index (χ0) is 24.1. The first-order valence-electron chi connectivity index (χ1n) is 11.0. The smallest absolute Gasteiger partial charge is 0.253 e. The van der Waals surface area contributed by atoms with Crippen LogP contribution in [0, 0.1) is 0 Å². The zero-order valence-corrected chi connectivity index (χ0v) is 20.4. The number of halogens is 1. The van der Waals surface area contributed by atoms with Crippen molar-refractivity contribution in [3.63, 3.8) is 0 Å². The van der Waals surface area contributed by atoms with Crippen molar-refractivity contribution in [3.05, 3.63) is 69.8 Å². The molecule has 0 fully saturated rings. The van der Waals surface area contributed by atoms with Gasteiger partial charge in [-0.15, -0.1) is 0 Å². The molecule has 0 bridgehead atoms. The van der Waals surface area contributed by atoms with Gasteiger partial charge in [-0.2, -0.15) is 4.98 Å². The molecule has 3 aromatic rings. The van der Waals surface area contributed by atoms with Gasteiger partial charge in [-0.3, -0.25) is 9.59 Å². The van der Waals surface area contributed by atoms with Crippen LogP contribution in [0.4, 0.5) is 23.1 Å². The van der Waals surface area contributed by atoms with Crippen molar-refractivity contribution in [2.24, 2.45) is 5.73 Å². The summed E-state index contributed by atoms with van der Waals surface area (Å²) in [5.74, 6) is 0.801. The lowest BCUT2D eigenvalue weighted by Gasteiger charge is -2.29.